The molecule has 0 spiro atoms. The zero-order valence-electron chi connectivity index (χ0n) is 45.6. The number of aromatic hydroxyl groups is 4. The Labute approximate surface area is 511 Å². The van der Waals surface area contributed by atoms with Crippen molar-refractivity contribution >= 4 is 217 Å². The first-order chi connectivity index (χ1) is 43.2. The fraction of sp³-hybridized carbons (Fsp3) is 0. The van der Waals surface area contributed by atoms with Crippen molar-refractivity contribution < 1.29 is 20.4 Å². The molecule has 19 rings (SSSR count). The second kappa shape index (κ2) is 18.3. The van der Waals surface area contributed by atoms with Crippen molar-refractivity contribution in [2.45, 2.75) is 0 Å². The molecule has 88 heavy (non-hydrogen) atoms. The van der Waals surface area contributed by atoms with Crippen LogP contribution in [0.5, 0.6) is 23.0 Å². The van der Waals surface area contributed by atoms with E-state index in [1.807, 2.05) is 121 Å². The number of phenols is 4. The summed E-state index contributed by atoms with van der Waals surface area (Å²) in [5.74, 6) is 0.374. The fourth-order valence-electron chi connectivity index (χ4n) is 12.9. The molecule has 17 aromatic rings. The normalized spacial score (nSPS) is 12.6. The SMILES string of the molecule is Oc1c2cccc1c1nc3c(ccc4ccc5sc(nc5c43)c3cccc(c3O)c3ccc([nH]3)c(-c3ccc(-c4c5nc(c6cccc(c6O)c6nc7c(ccc8ccc9sc(nc9c87)c7cccc(c7O)c7ccc4[nH]7)s6)C=C5)cc3)c3nc2C=C3)s1. The summed E-state index contributed by atoms with van der Waals surface area (Å²) >= 11 is 6.08. The van der Waals surface area contributed by atoms with Gasteiger partial charge in [-0.25, -0.2) is 29.9 Å². The number of aromatic amines is 2. The summed E-state index contributed by atoms with van der Waals surface area (Å²) in [5.41, 5.74) is 11.8. The van der Waals surface area contributed by atoms with E-state index in [9.17, 15) is 20.4 Å². The summed E-state index contributed by atoms with van der Waals surface area (Å²) in [6.45, 7) is 0. The van der Waals surface area contributed by atoms with E-state index in [-0.39, 0.29) is 23.0 Å². The highest BCUT2D eigenvalue weighted by molar-refractivity contribution is 7.26. The lowest BCUT2D eigenvalue weighted by atomic mass is 9.98. The minimum Gasteiger partial charge on any atom is -0.507 e. The molecule has 0 unspecified atom stereocenters. The third kappa shape index (κ3) is 7.22. The number of para-hydroxylation sites is 4. The standard InChI is InChI=1S/C72H38N8O4S4/c81-65-37-5-1-9-41(65)69-77-61-53(85-69)29-17-35-18-30-54-62(59(35)61)78-70(86-54)42-10-2-6-38(66(42)82)46-22-26-50(74-46)57(49-25-21-45(37)73-49)33-13-15-34(16-14-33)58-51-27-23-47(75-51)39-7-3-11-43(67(39)83)71-79-63-55(87-71)31-19-36-20-32-56-64(60(36)63)80-72(88-56)44-12-4-8-40(68(44)84)48-24-28-52(58)76-48/h1-32,73,75,81-84H. The highest BCUT2D eigenvalue weighted by Crippen LogP contribution is 2.46. The minimum atomic E-state index is 0.0817. The topological polar surface area (TPSA) is 190 Å². The van der Waals surface area contributed by atoms with Gasteiger partial charge in [0, 0.05) is 65.5 Å². The first kappa shape index (κ1) is 49.4. The van der Waals surface area contributed by atoms with Crippen LogP contribution in [0.3, 0.4) is 0 Å². The lowest BCUT2D eigenvalue weighted by molar-refractivity contribution is 0.486. The van der Waals surface area contributed by atoms with Crippen LogP contribution in [0, 0.1) is 0 Å². The van der Waals surface area contributed by atoms with E-state index in [2.05, 4.69) is 82.8 Å². The quantitative estimate of drug-likeness (QED) is 0.0971. The molecule has 0 radical (unpaired) electrons. The number of H-pyrrole nitrogens is 2. The molecule has 414 valence electrons. The van der Waals surface area contributed by atoms with Crippen molar-refractivity contribution in [1.82, 2.24) is 39.9 Å². The molecule has 0 saturated carbocycles. The van der Waals surface area contributed by atoms with Gasteiger partial charge in [0.15, 0.2) is 0 Å². The number of benzene rings is 9. The van der Waals surface area contributed by atoms with Gasteiger partial charge >= 0.3 is 0 Å². The van der Waals surface area contributed by atoms with E-state index < -0.39 is 0 Å². The van der Waals surface area contributed by atoms with Gasteiger partial charge in [-0.3, -0.25) is 0 Å². The number of hydrogen-bond donors (Lipinski definition) is 6. The molecule has 9 aromatic carbocycles. The van der Waals surface area contributed by atoms with Crippen molar-refractivity contribution in [3.05, 3.63) is 193 Å². The number of hydrogen-bond acceptors (Lipinski definition) is 14. The lowest BCUT2D eigenvalue weighted by Gasteiger charge is -2.08. The molecule has 10 heterocycles. The van der Waals surface area contributed by atoms with E-state index in [0.29, 0.717) is 96.2 Å². The number of aromatic nitrogens is 8. The Morgan fingerprint density at radius 2 is 0.568 bits per heavy atom. The second-order valence-electron chi connectivity index (χ2n) is 22.1. The van der Waals surface area contributed by atoms with Crippen LogP contribution in [0.15, 0.2) is 170 Å². The van der Waals surface area contributed by atoms with Crippen LogP contribution in [-0.2, 0) is 0 Å². The molecule has 2 aliphatic heterocycles. The Hall–Kier alpha value is -10.9. The first-order valence-electron chi connectivity index (χ1n) is 28.3. The molecule has 0 fully saturated rings. The predicted octanol–water partition coefficient (Wildman–Crippen LogP) is 19.6. The van der Waals surface area contributed by atoms with Gasteiger partial charge in [-0.15, -0.1) is 45.3 Å². The van der Waals surface area contributed by atoms with Crippen molar-refractivity contribution in [3.63, 3.8) is 0 Å². The molecule has 0 amide bonds. The first-order valence-corrected chi connectivity index (χ1v) is 31.6. The summed E-state index contributed by atoms with van der Waals surface area (Å²) in [4.78, 5) is 41.6. The number of nitrogens with one attached hydrogen (secondary N) is 2. The zero-order valence-corrected chi connectivity index (χ0v) is 48.8. The number of nitrogens with zero attached hydrogens (tertiary/aromatic N) is 6. The summed E-state index contributed by atoms with van der Waals surface area (Å²) in [6.07, 6.45) is 7.80. The third-order valence-corrected chi connectivity index (χ3v) is 21.4. The Morgan fingerprint density at radius 1 is 0.273 bits per heavy atom. The van der Waals surface area contributed by atoms with Gasteiger partial charge in [-0.1, -0.05) is 72.8 Å². The summed E-state index contributed by atoms with van der Waals surface area (Å²) in [5, 5.41) is 57.7. The van der Waals surface area contributed by atoms with E-state index in [4.69, 9.17) is 29.9 Å². The average molecular weight is 1210 g/mol. The van der Waals surface area contributed by atoms with Crippen LogP contribution in [0.2, 0.25) is 0 Å². The number of phenolic OH excluding ortho intramolecular Hbond substituents is 4. The molecule has 2 aliphatic rings. The Balaban J connectivity index is 0.854. The third-order valence-electron chi connectivity index (χ3n) is 17.2. The summed E-state index contributed by atoms with van der Waals surface area (Å²) in [6, 6.07) is 55.8. The molecule has 0 atom stereocenters. The van der Waals surface area contributed by atoms with Gasteiger partial charge in [-0.05, 0) is 143 Å². The van der Waals surface area contributed by atoms with Gasteiger partial charge < -0.3 is 30.4 Å². The van der Waals surface area contributed by atoms with Crippen LogP contribution >= 0.6 is 45.3 Å². The van der Waals surface area contributed by atoms with E-state index in [1.54, 1.807) is 0 Å². The van der Waals surface area contributed by atoms with Gasteiger partial charge in [0.05, 0.1) is 85.2 Å². The molecular weight excluding hydrogens is 1170 g/mol. The van der Waals surface area contributed by atoms with Crippen molar-refractivity contribution in [2.24, 2.45) is 0 Å². The molecule has 0 aliphatic carbocycles. The minimum absolute atomic E-state index is 0.0817. The van der Waals surface area contributed by atoms with Crippen LogP contribution in [0.4, 0.5) is 0 Å². The number of fused-ring (bicyclic) bond motifs is 28. The van der Waals surface area contributed by atoms with Gasteiger partial charge in [0.25, 0.3) is 0 Å². The smallest absolute Gasteiger partial charge is 0.135 e. The van der Waals surface area contributed by atoms with Gasteiger partial charge in [0.1, 0.15) is 42.3 Å². The van der Waals surface area contributed by atoms with Crippen molar-refractivity contribution in [2.75, 3.05) is 0 Å². The van der Waals surface area contributed by atoms with Crippen LogP contribution in [-0.4, -0.2) is 60.3 Å². The van der Waals surface area contributed by atoms with Gasteiger partial charge in [-0.2, -0.15) is 0 Å². The zero-order chi connectivity index (χ0) is 58.2. The maximum Gasteiger partial charge on any atom is 0.135 e. The Morgan fingerprint density at radius 3 is 0.920 bits per heavy atom. The maximum absolute atomic E-state index is 12.3. The second-order valence-corrected chi connectivity index (χ2v) is 26.2. The van der Waals surface area contributed by atoms with E-state index >= 15 is 0 Å². The molecule has 16 heteroatoms. The highest BCUT2D eigenvalue weighted by Gasteiger charge is 2.22. The highest BCUT2D eigenvalue weighted by atomic mass is 32.1. The van der Waals surface area contributed by atoms with Crippen LogP contribution in [0.1, 0.15) is 22.8 Å². The Kier molecular flexibility index (Phi) is 10.3. The maximum atomic E-state index is 12.3. The van der Waals surface area contributed by atoms with E-state index in [0.717, 1.165) is 95.7 Å². The lowest BCUT2D eigenvalue weighted by Crippen LogP contribution is -1.89. The summed E-state index contributed by atoms with van der Waals surface area (Å²) < 4.78 is 3.87. The number of rotatable bonds is 2. The average Bonchev–Trinajstić information content (AvgIpc) is 4.48. The van der Waals surface area contributed by atoms with Crippen molar-refractivity contribution in [3.8, 4) is 45.3 Å². The Bertz CT molecular complexity index is 6000. The summed E-state index contributed by atoms with van der Waals surface area (Å²) in [7, 11) is 0. The predicted molar refractivity (Wildman–Crippen MR) is 367 cm³/mol. The van der Waals surface area contributed by atoms with E-state index in [1.165, 1.54) is 45.3 Å². The largest absolute Gasteiger partial charge is 0.507 e. The molecule has 0 saturated heterocycles. The molecular formula is C72H38N8O4S4. The van der Waals surface area contributed by atoms with Gasteiger partial charge in [0.2, 0.25) is 0 Å². The van der Waals surface area contributed by atoms with Crippen LogP contribution < -0.4 is 0 Å². The van der Waals surface area contributed by atoms with Crippen molar-refractivity contribution in [1.29, 1.82) is 0 Å². The van der Waals surface area contributed by atoms with Crippen LogP contribution in [0.25, 0.3) is 193 Å². The molecule has 8 aromatic heterocycles. The number of thiazole rings is 4. The molecule has 12 nitrogen and oxygen atoms in total. The fourth-order valence-corrected chi connectivity index (χ4v) is 16.9. The molecule has 6 N–H and O–H groups in total. The monoisotopic (exact) mass is 1210 g/mol. The molecule has 24 bridgehead atoms.